The molecule has 0 N–H and O–H groups in total. The number of carbonyl (C=O) groups is 1. The van der Waals surface area contributed by atoms with Crippen LogP contribution in [-0.2, 0) is 9.53 Å². The van der Waals surface area contributed by atoms with E-state index in [0.717, 1.165) is 5.56 Å². The van der Waals surface area contributed by atoms with E-state index in [9.17, 15) is 4.79 Å². The van der Waals surface area contributed by atoms with Gasteiger partial charge in [0.25, 0.3) is 0 Å². The maximum atomic E-state index is 11.6. The Kier molecular flexibility index (Phi) is 5.63. The number of halogens is 2. The minimum absolute atomic E-state index is 0.309. The van der Waals surface area contributed by atoms with Gasteiger partial charge in [0.15, 0.2) is 6.10 Å². The predicted octanol–water partition coefficient (Wildman–Crippen LogP) is 4.39. The average molecular weight is 340 g/mol. The second-order valence-electron chi connectivity index (χ2n) is 4.50. The first-order valence-electron chi connectivity index (χ1n) is 6.77. The molecule has 0 bridgehead atoms. The van der Waals surface area contributed by atoms with Crippen LogP contribution >= 0.6 is 23.2 Å². The molecule has 116 valence electrons. The molecule has 0 aliphatic heterocycles. The lowest BCUT2D eigenvalue weighted by Gasteiger charge is -2.13. The van der Waals surface area contributed by atoms with Crippen LogP contribution in [0.3, 0.4) is 0 Å². The third-order valence-corrected chi connectivity index (χ3v) is 3.59. The molecule has 0 amide bonds. The zero-order chi connectivity index (χ0) is 16.1. The van der Waals surface area contributed by atoms with Gasteiger partial charge in [-0.25, -0.2) is 9.78 Å². The lowest BCUT2D eigenvalue weighted by molar-refractivity contribution is -0.150. The molecule has 2 rings (SSSR count). The van der Waals surface area contributed by atoms with E-state index >= 15 is 0 Å². The second kappa shape index (κ2) is 7.47. The van der Waals surface area contributed by atoms with Gasteiger partial charge in [-0.15, -0.1) is 0 Å². The van der Waals surface area contributed by atoms with Gasteiger partial charge in [0.2, 0.25) is 5.88 Å². The molecule has 1 heterocycles. The zero-order valence-electron chi connectivity index (χ0n) is 12.2. The molecule has 1 aromatic heterocycles. The van der Waals surface area contributed by atoms with Crippen LogP contribution in [0.5, 0.6) is 5.88 Å². The Morgan fingerprint density at radius 3 is 2.68 bits per heavy atom. The Balaban J connectivity index is 2.19. The molecule has 2 aromatic rings. The summed E-state index contributed by atoms with van der Waals surface area (Å²) in [5, 5.41) is 0.931. The van der Waals surface area contributed by atoms with Gasteiger partial charge < -0.3 is 9.47 Å². The van der Waals surface area contributed by atoms with E-state index in [1.54, 1.807) is 38.1 Å². The van der Waals surface area contributed by atoms with Crippen molar-refractivity contribution in [3.63, 3.8) is 0 Å². The molecule has 0 fully saturated rings. The van der Waals surface area contributed by atoms with Crippen molar-refractivity contribution < 1.29 is 14.3 Å². The number of nitrogens with zero attached hydrogens (tertiary/aromatic N) is 1. The van der Waals surface area contributed by atoms with Gasteiger partial charge in [-0.1, -0.05) is 35.3 Å². The Hall–Kier alpha value is -1.78. The van der Waals surface area contributed by atoms with Crippen LogP contribution in [0.2, 0.25) is 10.0 Å². The first-order valence-corrected chi connectivity index (χ1v) is 7.52. The van der Waals surface area contributed by atoms with Gasteiger partial charge in [-0.3, -0.25) is 0 Å². The smallest absolute Gasteiger partial charge is 0.347 e. The number of aromatic nitrogens is 1. The van der Waals surface area contributed by atoms with Crippen LogP contribution in [0.1, 0.15) is 13.8 Å². The van der Waals surface area contributed by atoms with Crippen LogP contribution in [0, 0.1) is 0 Å². The van der Waals surface area contributed by atoms with Gasteiger partial charge in [0, 0.05) is 11.6 Å². The van der Waals surface area contributed by atoms with Crippen molar-refractivity contribution in [2.75, 3.05) is 6.61 Å². The maximum absolute atomic E-state index is 11.6. The number of rotatable bonds is 5. The van der Waals surface area contributed by atoms with Gasteiger partial charge in [-0.05, 0) is 32.0 Å². The molecular formula is C16H15Cl2NO3. The highest BCUT2D eigenvalue weighted by Gasteiger charge is 2.16. The molecule has 0 aliphatic carbocycles. The summed E-state index contributed by atoms with van der Waals surface area (Å²) in [6, 6.07) is 10.5. The summed E-state index contributed by atoms with van der Waals surface area (Å²) in [5.41, 5.74) is 1.48. The minimum Gasteiger partial charge on any atom is -0.463 e. The quantitative estimate of drug-likeness (QED) is 0.758. The first-order chi connectivity index (χ1) is 10.5. The van der Waals surface area contributed by atoms with E-state index in [1.807, 2.05) is 12.1 Å². The zero-order valence-corrected chi connectivity index (χ0v) is 13.7. The average Bonchev–Trinajstić information content (AvgIpc) is 2.50. The Bertz CT molecular complexity index is 676. The van der Waals surface area contributed by atoms with E-state index in [1.165, 1.54) is 0 Å². The third kappa shape index (κ3) is 4.12. The summed E-state index contributed by atoms with van der Waals surface area (Å²) in [7, 11) is 0. The Labute approximate surface area is 139 Å². The summed E-state index contributed by atoms with van der Waals surface area (Å²) in [5.74, 6) is -0.0895. The molecule has 22 heavy (non-hydrogen) atoms. The van der Waals surface area contributed by atoms with Crippen molar-refractivity contribution in [1.29, 1.82) is 0 Å². The standard InChI is InChI=1S/C16H15Cl2NO3/c1-3-21-16(20)10(2)22-15-6-4-5-14(19-15)11-7-8-12(17)13(18)9-11/h4-10H,3H2,1-2H3. The lowest BCUT2D eigenvalue weighted by atomic mass is 10.1. The maximum Gasteiger partial charge on any atom is 0.347 e. The number of pyridine rings is 1. The molecule has 6 heteroatoms. The van der Waals surface area contributed by atoms with E-state index in [2.05, 4.69) is 4.98 Å². The fourth-order valence-corrected chi connectivity index (χ4v) is 2.08. The summed E-state index contributed by atoms with van der Waals surface area (Å²) < 4.78 is 10.4. The molecule has 0 saturated heterocycles. The van der Waals surface area contributed by atoms with Crippen molar-refractivity contribution >= 4 is 29.2 Å². The van der Waals surface area contributed by atoms with Crippen LogP contribution in [0.25, 0.3) is 11.3 Å². The summed E-state index contributed by atoms with van der Waals surface area (Å²) in [4.78, 5) is 15.9. The van der Waals surface area contributed by atoms with E-state index < -0.39 is 12.1 Å². The summed E-state index contributed by atoms with van der Waals surface area (Å²) >= 11 is 11.9. The van der Waals surface area contributed by atoms with Crippen LogP contribution in [0.4, 0.5) is 0 Å². The van der Waals surface area contributed by atoms with E-state index in [4.69, 9.17) is 32.7 Å². The number of carbonyl (C=O) groups excluding carboxylic acids is 1. The van der Waals surface area contributed by atoms with E-state index in [0.29, 0.717) is 28.2 Å². The summed E-state index contributed by atoms with van der Waals surface area (Å²) in [6.45, 7) is 3.67. The fourth-order valence-electron chi connectivity index (χ4n) is 1.79. The first kappa shape index (κ1) is 16.6. The van der Waals surface area contributed by atoms with Gasteiger partial charge in [0.1, 0.15) is 0 Å². The molecule has 0 radical (unpaired) electrons. The third-order valence-electron chi connectivity index (χ3n) is 2.85. The van der Waals surface area contributed by atoms with Crippen molar-refractivity contribution in [3.8, 4) is 17.1 Å². The molecule has 1 unspecified atom stereocenters. The van der Waals surface area contributed by atoms with Gasteiger partial charge in [0.05, 0.1) is 22.3 Å². The van der Waals surface area contributed by atoms with Crippen LogP contribution in [-0.4, -0.2) is 23.7 Å². The molecule has 4 nitrogen and oxygen atoms in total. The number of hydrogen-bond acceptors (Lipinski definition) is 4. The minimum atomic E-state index is -0.725. The topological polar surface area (TPSA) is 48.4 Å². The van der Waals surface area contributed by atoms with E-state index in [-0.39, 0.29) is 0 Å². The number of esters is 1. The molecule has 1 atom stereocenters. The van der Waals surface area contributed by atoms with Gasteiger partial charge in [-0.2, -0.15) is 0 Å². The Morgan fingerprint density at radius 2 is 2.00 bits per heavy atom. The summed E-state index contributed by atoms with van der Waals surface area (Å²) in [6.07, 6.45) is -0.725. The number of benzene rings is 1. The Morgan fingerprint density at radius 1 is 1.23 bits per heavy atom. The number of hydrogen-bond donors (Lipinski definition) is 0. The SMILES string of the molecule is CCOC(=O)C(C)Oc1cccc(-c2ccc(Cl)c(Cl)c2)n1. The highest BCUT2D eigenvalue weighted by atomic mass is 35.5. The normalized spacial score (nSPS) is 11.8. The molecule has 0 saturated carbocycles. The highest BCUT2D eigenvalue weighted by Crippen LogP contribution is 2.28. The molecule has 0 aliphatic rings. The highest BCUT2D eigenvalue weighted by molar-refractivity contribution is 6.42. The largest absolute Gasteiger partial charge is 0.463 e. The van der Waals surface area contributed by atoms with Crippen molar-refractivity contribution in [2.45, 2.75) is 20.0 Å². The van der Waals surface area contributed by atoms with Crippen molar-refractivity contribution in [2.24, 2.45) is 0 Å². The van der Waals surface area contributed by atoms with Crippen molar-refractivity contribution in [1.82, 2.24) is 4.98 Å². The fraction of sp³-hybridized carbons (Fsp3) is 0.250. The van der Waals surface area contributed by atoms with Gasteiger partial charge >= 0.3 is 5.97 Å². The second-order valence-corrected chi connectivity index (χ2v) is 5.32. The van der Waals surface area contributed by atoms with Crippen LogP contribution < -0.4 is 4.74 Å². The molecular weight excluding hydrogens is 325 g/mol. The predicted molar refractivity (Wildman–Crippen MR) is 86.4 cm³/mol. The monoisotopic (exact) mass is 339 g/mol. The molecule has 0 spiro atoms. The lowest BCUT2D eigenvalue weighted by Crippen LogP contribution is -2.26. The van der Waals surface area contributed by atoms with Crippen molar-refractivity contribution in [3.05, 3.63) is 46.4 Å². The number of ether oxygens (including phenoxy) is 2. The van der Waals surface area contributed by atoms with Crippen LogP contribution in [0.15, 0.2) is 36.4 Å². The molecule has 1 aromatic carbocycles.